The number of thiophene rings is 1. The van der Waals surface area contributed by atoms with E-state index < -0.39 is 10.0 Å². The summed E-state index contributed by atoms with van der Waals surface area (Å²) in [5.74, 6) is 0. The van der Waals surface area contributed by atoms with E-state index in [1.54, 1.807) is 18.4 Å². The fourth-order valence-corrected chi connectivity index (χ4v) is 4.99. The van der Waals surface area contributed by atoms with E-state index in [0.717, 1.165) is 27.1 Å². The van der Waals surface area contributed by atoms with Crippen LogP contribution in [0, 0.1) is 27.7 Å². The Balaban J connectivity index is 2.49. The van der Waals surface area contributed by atoms with Crippen LogP contribution in [0.4, 0.5) is 0 Å². The third kappa shape index (κ3) is 3.05. The van der Waals surface area contributed by atoms with Gasteiger partial charge in [-0.05, 0) is 61.4 Å². The number of hydrogen-bond donors (Lipinski definition) is 0. The Morgan fingerprint density at radius 2 is 1.67 bits per heavy atom. The van der Waals surface area contributed by atoms with Crippen molar-refractivity contribution in [2.75, 3.05) is 7.05 Å². The highest BCUT2D eigenvalue weighted by atomic mass is 32.2. The molecule has 114 valence electrons. The molecule has 5 heteroatoms. The molecule has 0 fully saturated rings. The van der Waals surface area contributed by atoms with Crippen LogP contribution in [-0.4, -0.2) is 19.8 Å². The molecule has 2 aromatic rings. The summed E-state index contributed by atoms with van der Waals surface area (Å²) in [6, 6.07) is 5.94. The molecule has 0 aliphatic carbocycles. The van der Waals surface area contributed by atoms with Gasteiger partial charge < -0.3 is 0 Å². The molecular weight excluding hydrogens is 302 g/mol. The summed E-state index contributed by atoms with van der Waals surface area (Å²) in [5, 5.41) is 1.96. The molecule has 1 heterocycles. The maximum Gasteiger partial charge on any atom is 0.243 e. The molecule has 21 heavy (non-hydrogen) atoms. The van der Waals surface area contributed by atoms with Gasteiger partial charge in [0.2, 0.25) is 10.0 Å². The van der Waals surface area contributed by atoms with E-state index in [-0.39, 0.29) is 0 Å². The van der Waals surface area contributed by atoms with Crippen molar-refractivity contribution < 1.29 is 8.42 Å². The van der Waals surface area contributed by atoms with Crippen molar-refractivity contribution in [2.24, 2.45) is 0 Å². The molecule has 0 N–H and O–H groups in total. The minimum absolute atomic E-state index is 0.409. The number of nitrogens with zero attached hydrogens (tertiary/aromatic N) is 1. The molecule has 0 saturated carbocycles. The average molecular weight is 323 g/mol. The van der Waals surface area contributed by atoms with E-state index in [9.17, 15) is 8.42 Å². The summed E-state index contributed by atoms with van der Waals surface area (Å²) in [6.07, 6.45) is 0. The first-order valence-electron chi connectivity index (χ1n) is 6.81. The molecule has 0 atom stereocenters. The minimum atomic E-state index is -3.48. The summed E-state index contributed by atoms with van der Waals surface area (Å²) in [7, 11) is -1.84. The SMILES string of the molecule is Cc1cc(C)c(C)c(S(=O)(=O)N(C)Cc2cccs2)c1C. The predicted molar refractivity (Wildman–Crippen MR) is 88.4 cm³/mol. The van der Waals surface area contributed by atoms with Crippen LogP contribution in [0.3, 0.4) is 0 Å². The van der Waals surface area contributed by atoms with Crippen molar-refractivity contribution in [3.63, 3.8) is 0 Å². The Hall–Kier alpha value is -1.17. The Labute approximate surface area is 131 Å². The maximum absolute atomic E-state index is 12.9. The first kappa shape index (κ1) is 16.2. The van der Waals surface area contributed by atoms with Crippen LogP contribution >= 0.6 is 11.3 Å². The number of rotatable bonds is 4. The molecular formula is C16H21NO2S2. The first-order chi connectivity index (χ1) is 9.75. The second-order valence-corrected chi connectivity index (χ2v) is 8.44. The first-order valence-corrected chi connectivity index (χ1v) is 9.13. The van der Waals surface area contributed by atoms with Gasteiger partial charge in [-0.15, -0.1) is 11.3 Å². The van der Waals surface area contributed by atoms with Crippen LogP contribution in [0.1, 0.15) is 27.1 Å². The van der Waals surface area contributed by atoms with Crippen LogP contribution in [0.15, 0.2) is 28.5 Å². The summed E-state index contributed by atoms with van der Waals surface area (Å²) in [4.78, 5) is 1.50. The zero-order valence-corrected chi connectivity index (χ0v) is 14.7. The van der Waals surface area contributed by atoms with E-state index in [2.05, 4.69) is 0 Å². The molecule has 0 aliphatic heterocycles. The highest BCUT2D eigenvalue weighted by Gasteiger charge is 2.26. The second kappa shape index (κ2) is 5.91. The lowest BCUT2D eigenvalue weighted by molar-refractivity contribution is 0.468. The number of benzene rings is 1. The fraction of sp³-hybridized carbons (Fsp3) is 0.375. The van der Waals surface area contributed by atoms with Crippen molar-refractivity contribution in [1.82, 2.24) is 4.31 Å². The van der Waals surface area contributed by atoms with E-state index in [4.69, 9.17) is 0 Å². The molecule has 1 aromatic heterocycles. The molecule has 0 unspecified atom stereocenters. The predicted octanol–water partition coefficient (Wildman–Crippen LogP) is 3.80. The third-order valence-corrected chi connectivity index (χ3v) is 6.86. The Bertz CT molecular complexity index is 721. The lowest BCUT2D eigenvalue weighted by atomic mass is 10.0. The monoisotopic (exact) mass is 323 g/mol. The summed E-state index contributed by atoms with van der Waals surface area (Å²) in [5.41, 5.74) is 3.72. The number of sulfonamides is 1. The topological polar surface area (TPSA) is 37.4 Å². The van der Waals surface area contributed by atoms with Crippen molar-refractivity contribution in [1.29, 1.82) is 0 Å². The highest BCUT2D eigenvalue weighted by molar-refractivity contribution is 7.89. The minimum Gasteiger partial charge on any atom is -0.207 e. The summed E-state index contributed by atoms with van der Waals surface area (Å²) in [6.45, 7) is 8.09. The van der Waals surface area contributed by atoms with E-state index in [1.165, 1.54) is 4.31 Å². The van der Waals surface area contributed by atoms with Crippen molar-refractivity contribution in [3.05, 3.63) is 50.7 Å². The van der Waals surface area contributed by atoms with Gasteiger partial charge in [0, 0.05) is 18.5 Å². The van der Waals surface area contributed by atoms with E-state index >= 15 is 0 Å². The molecule has 1 aromatic carbocycles. The van der Waals surface area contributed by atoms with Gasteiger partial charge in [0.25, 0.3) is 0 Å². The van der Waals surface area contributed by atoms with Crippen molar-refractivity contribution in [3.8, 4) is 0 Å². The molecule has 0 amide bonds. The summed E-state index contributed by atoms with van der Waals surface area (Å²) < 4.78 is 27.3. The van der Waals surface area contributed by atoms with Gasteiger partial charge in [0.1, 0.15) is 0 Å². The van der Waals surface area contributed by atoms with Crippen LogP contribution in [0.5, 0.6) is 0 Å². The smallest absolute Gasteiger partial charge is 0.207 e. The van der Waals surface area contributed by atoms with Crippen LogP contribution in [0.25, 0.3) is 0 Å². The molecule has 2 rings (SSSR count). The number of aryl methyl sites for hydroxylation is 2. The molecule has 0 radical (unpaired) electrons. The van der Waals surface area contributed by atoms with Crippen molar-refractivity contribution >= 4 is 21.4 Å². The third-order valence-electron chi connectivity index (χ3n) is 3.92. The quantitative estimate of drug-likeness (QED) is 0.858. The molecule has 0 saturated heterocycles. The van der Waals surface area contributed by atoms with Crippen molar-refractivity contribution in [2.45, 2.75) is 39.1 Å². The average Bonchev–Trinajstić information content (AvgIpc) is 2.89. The van der Waals surface area contributed by atoms with Gasteiger partial charge in [-0.1, -0.05) is 12.1 Å². The Morgan fingerprint density at radius 1 is 1.10 bits per heavy atom. The molecule has 0 aliphatic rings. The fourth-order valence-electron chi connectivity index (χ4n) is 2.43. The zero-order chi connectivity index (χ0) is 15.8. The van der Waals surface area contributed by atoms with Gasteiger partial charge in [0.15, 0.2) is 0 Å². The van der Waals surface area contributed by atoms with Crippen LogP contribution in [-0.2, 0) is 16.6 Å². The molecule has 0 spiro atoms. The van der Waals surface area contributed by atoms with Gasteiger partial charge >= 0.3 is 0 Å². The van der Waals surface area contributed by atoms with Crippen LogP contribution < -0.4 is 0 Å². The highest BCUT2D eigenvalue weighted by Crippen LogP contribution is 2.29. The lowest BCUT2D eigenvalue weighted by Crippen LogP contribution is -2.28. The molecule has 0 bridgehead atoms. The second-order valence-electron chi connectivity index (χ2n) is 5.43. The molecule has 3 nitrogen and oxygen atoms in total. The largest absolute Gasteiger partial charge is 0.243 e. The van der Waals surface area contributed by atoms with Crippen LogP contribution in [0.2, 0.25) is 0 Å². The normalized spacial score (nSPS) is 12.1. The van der Waals surface area contributed by atoms with Gasteiger partial charge in [-0.2, -0.15) is 4.31 Å². The number of hydrogen-bond acceptors (Lipinski definition) is 3. The zero-order valence-electron chi connectivity index (χ0n) is 13.1. The van der Waals surface area contributed by atoms with Gasteiger partial charge in [-0.3, -0.25) is 0 Å². The summed E-state index contributed by atoms with van der Waals surface area (Å²) >= 11 is 1.57. The van der Waals surface area contributed by atoms with E-state index in [0.29, 0.717) is 11.4 Å². The van der Waals surface area contributed by atoms with E-state index in [1.807, 2.05) is 51.3 Å². The van der Waals surface area contributed by atoms with Gasteiger partial charge in [0.05, 0.1) is 4.90 Å². The van der Waals surface area contributed by atoms with Gasteiger partial charge in [-0.25, -0.2) is 8.42 Å². The standard InChI is InChI=1S/C16H21NO2S2/c1-11-9-12(2)14(4)16(13(11)3)21(18,19)17(5)10-15-7-6-8-20-15/h6-9H,10H2,1-5H3. The Kier molecular flexibility index (Phi) is 4.56. The Morgan fingerprint density at radius 3 is 2.14 bits per heavy atom. The maximum atomic E-state index is 12.9. The lowest BCUT2D eigenvalue weighted by Gasteiger charge is -2.21.